The van der Waals surface area contributed by atoms with Crippen LogP contribution in [0.1, 0.15) is 20.3 Å². The second-order valence-corrected chi connectivity index (χ2v) is 6.82. The molecule has 1 aliphatic heterocycles. The standard InChI is InChI=1S/C10H20BrO6P/c1-10(2)14-7-9(17-10)8-16-18(12,13-3)15-6-4-5-11/h9H,4-8H2,1-3H3/t9-,18?/m1/s1. The van der Waals surface area contributed by atoms with Crippen molar-refractivity contribution < 1.29 is 27.6 Å². The lowest BCUT2D eigenvalue weighted by Crippen LogP contribution is -2.24. The van der Waals surface area contributed by atoms with E-state index in [-0.39, 0.29) is 12.7 Å². The molecule has 18 heavy (non-hydrogen) atoms. The smallest absolute Gasteiger partial charge is 0.348 e. The molecule has 0 amide bonds. The Morgan fingerprint density at radius 2 is 2.17 bits per heavy atom. The van der Waals surface area contributed by atoms with Crippen molar-refractivity contribution in [2.75, 3.05) is 32.3 Å². The first-order chi connectivity index (χ1) is 8.41. The molecule has 1 unspecified atom stereocenters. The Hall–Kier alpha value is 0.510. The summed E-state index contributed by atoms with van der Waals surface area (Å²) >= 11 is 3.26. The van der Waals surface area contributed by atoms with Crippen LogP contribution < -0.4 is 0 Å². The minimum absolute atomic E-state index is 0.114. The van der Waals surface area contributed by atoms with Crippen molar-refractivity contribution in [3.63, 3.8) is 0 Å². The third-order valence-corrected chi connectivity index (χ3v) is 4.21. The van der Waals surface area contributed by atoms with Gasteiger partial charge < -0.3 is 9.47 Å². The van der Waals surface area contributed by atoms with Crippen molar-refractivity contribution in [3.05, 3.63) is 0 Å². The van der Waals surface area contributed by atoms with Gasteiger partial charge >= 0.3 is 7.82 Å². The van der Waals surface area contributed by atoms with Gasteiger partial charge in [-0.3, -0.25) is 13.6 Å². The maximum Gasteiger partial charge on any atom is 0.474 e. The Bertz CT molecular complexity index is 298. The fourth-order valence-corrected chi connectivity index (χ4v) is 2.61. The number of ether oxygens (including phenoxy) is 2. The number of hydrogen-bond acceptors (Lipinski definition) is 6. The molecule has 0 radical (unpaired) electrons. The van der Waals surface area contributed by atoms with Crippen LogP contribution in [0.25, 0.3) is 0 Å². The molecule has 1 rings (SSSR count). The summed E-state index contributed by atoms with van der Waals surface area (Å²) in [6.45, 7) is 4.45. The topological polar surface area (TPSA) is 63.2 Å². The first-order valence-electron chi connectivity index (χ1n) is 5.73. The van der Waals surface area contributed by atoms with E-state index in [2.05, 4.69) is 15.9 Å². The fraction of sp³-hybridized carbons (Fsp3) is 1.00. The van der Waals surface area contributed by atoms with E-state index < -0.39 is 13.6 Å². The van der Waals surface area contributed by atoms with Crippen LogP contribution in [0.15, 0.2) is 0 Å². The highest BCUT2D eigenvalue weighted by molar-refractivity contribution is 9.09. The van der Waals surface area contributed by atoms with Gasteiger partial charge in [-0.25, -0.2) is 4.57 Å². The predicted octanol–water partition coefficient (Wildman–Crippen LogP) is 2.71. The van der Waals surface area contributed by atoms with Crippen LogP contribution >= 0.6 is 23.8 Å². The molecule has 0 aliphatic carbocycles. The van der Waals surface area contributed by atoms with Crippen molar-refractivity contribution >= 4 is 23.8 Å². The molecule has 1 heterocycles. The Kier molecular flexibility index (Phi) is 6.75. The van der Waals surface area contributed by atoms with E-state index in [1.807, 2.05) is 13.8 Å². The van der Waals surface area contributed by atoms with Crippen molar-refractivity contribution in [1.82, 2.24) is 0 Å². The van der Waals surface area contributed by atoms with E-state index in [0.717, 1.165) is 11.8 Å². The minimum atomic E-state index is -3.48. The third-order valence-electron chi connectivity index (χ3n) is 2.24. The zero-order chi connectivity index (χ0) is 13.6. The zero-order valence-electron chi connectivity index (χ0n) is 10.9. The maximum atomic E-state index is 12.0. The van der Waals surface area contributed by atoms with Crippen LogP contribution in [0.3, 0.4) is 0 Å². The third kappa shape index (κ3) is 5.65. The van der Waals surface area contributed by atoms with Gasteiger partial charge in [-0.2, -0.15) is 0 Å². The first-order valence-corrected chi connectivity index (χ1v) is 8.31. The van der Waals surface area contributed by atoms with E-state index in [9.17, 15) is 4.57 Å². The van der Waals surface area contributed by atoms with Crippen LogP contribution in [0.5, 0.6) is 0 Å². The molecule has 8 heteroatoms. The summed E-state index contributed by atoms with van der Waals surface area (Å²) in [6, 6.07) is 0. The number of halogens is 1. The molecular weight excluding hydrogens is 327 g/mol. The molecule has 6 nitrogen and oxygen atoms in total. The van der Waals surface area contributed by atoms with Gasteiger partial charge in [0.1, 0.15) is 6.10 Å². The average molecular weight is 347 g/mol. The molecule has 1 fully saturated rings. The summed E-state index contributed by atoms with van der Waals surface area (Å²) in [5, 5.41) is 0.768. The molecule has 0 spiro atoms. The van der Waals surface area contributed by atoms with E-state index in [4.69, 9.17) is 23.0 Å². The normalized spacial score (nSPS) is 26.1. The summed E-state index contributed by atoms with van der Waals surface area (Å²) in [5.41, 5.74) is 0. The monoisotopic (exact) mass is 346 g/mol. The SMILES string of the molecule is COP(=O)(OCCCBr)OC[C@H]1COC(C)(C)O1. The summed E-state index contributed by atoms with van der Waals surface area (Å²) in [4.78, 5) is 0. The predicted molar refractivity (Wildman–Crippen MR) is 69.8 cm³/mol. The second-order valence-electron chi connectivity index (χ2n) is 4.25. The fourth-order valence-electron chi connectivity index (χ4n) is 1.39. The molecule has 0 aromatic rings. The van der Waals surface area contributed by atoms with Crippen molar-refractivity contribution in [3.8, 4) is 0 Å². The summed E-state index contributed by atoms with van der Waals surface area (Å²) in [7, 11) is -2.18. The zero-order valence-corrected chi connectivity index (χ0v) is 13.4. The molecule has 1 aliphatic rings. The van der Waals surface area contributed by atoms with Crippen molar-refractivity contribution in [2.24, 2.45) is 0 Å². The first kappa shape index (κ1) is 16.6. The highest BCUT2D eigenvalue weighted by Crippen LogP contribution is 2.49. The van der Waals surface area contributed by atoms with Crippen LogP contribution in [-0.2, 0) is 27.6 Å². The summed E-state index contributed by atoms with van der Waals surface area (Å²) in [5.74, 6) is -0.623. The molecule has 0 aromatic heterocycles. The molecule has 0 saturated carbocycles. The largest absolute Gasteiger partial charge is 0.474 e. The van der Waals surface area contributed by atoms with Gasteiger partial charge in [0.25, 0.3) is 0 Å². The molecule has 0 aromatic carbocycles. The van der Waals surface area contributed by atoms with Gasteiger partial charge in [-0.15, -0.1) is 0 Å². The van der Waals surface area contributed by atoms with Crippen molar-refractivity contribution in [2.45, 2.75) is 32.2 Å². The van der Waals surface area contributed by atoms with E-state index >= 15 is 0 Å². The van der Waals surface area contributed by atoms with E-state index in [0.29, 0.717) is 13.2 Å². The van der Waals surface area contributed by atoms with Gasteiger partial charge in [-0.1, -0.05) is 15.9 Å². The molecule has 0 N–H and O–H groups in total. The number of rotatable bonds is 8. The minimum Gasteiger partial charge on any atom is -0.348 e. The molecule has 0 bridgehead atoms. The van der Waals surface area contributed by atoms with Crippen LogP contribution in [-0.4, -0.2) is 44.2 Å². The number of phosphoric acid groups is 1. The van der Waals surface area contributed by atoms with Crippen molar-refractivity contribution in [1.29, 1.82) is 0 Å². The average Bonchev–Trinajstić information content (AvgIpc) is 2.67. The van der Waals surface area contributed by atoms with Crippen LogP contribution in [0.4, 0.5) is 0 Å². The Balaban J connectivity index is 2.33. The molecule has 1 saturated heterocycles. The van der Waals surface area contributed by atoms with E-state index in [1.54, 1.807) is 0 Å². The van der Waals surface area contributed by atoms with E-state index in [1.165, 1.54) is 7.11 Å². The Morgan fingerprint density at radius 3 is 2.67 bits per heavy atom. The number of hydrogen-bond donors (Lipinski definition) is 0. The van der Waals surface area contributed by atoms with Gasteiger partial charge in [-0.05, 0) is 20.3 Å². The van der Waals surface area contributed by atoms with Gasteiger partial charge in [0.2, 0.25) is 0 Å². The van der Waals surface area contributed by atoms with Gasteiger partial charge in [0.05, 0.1) is 19.8 Å². The molecule has 2 atom stereocenters. The van der Waals surface area contributed by atoms with Crippen LogP contribution in [0, 0.1) is 0 Å². The highest BCUT2D eigenvalue weighted by atomic mass is 79.9. The number of phosphoric ester groups is 1. The van der Waals surface area contributed by atoms with Crippen LogP contribution in [0.2, 0.25) is 0 Å². The quantitative estimate of drug-likeness (QED) is 0.382. The number of alkyl halides is 1. The molecular formula is C10H20BrO6P. The van der Waals surface area contributed by atoms with Gasteiger partial charge in [0.15, 0.2) is 5.79 Å². The summed E-state index contributed by atoms with van der Waals surface area (Å²) < 4.78 is 38.0. The second kappa shape index (κ2) is 7.33. The lowest BCUT2D eigenvalue weighted by molar-refractivity contribution is -0.142. The lowest BCUT2D eigenvalue weighted by atomic mass is 10.4. The maximum absolute atomic E-state index is 12.0. The van der Waals surface area contributed by atoms with Gasteiger partial charge in [0, 0.05) is 12.4 Å². The Morgan fingerprint density at radius 1 is 1.44 bits per heavy atom. The molecule has 108 valence electrons. The summed E-state index contributed by atoms with van der Waals surface area (Å²) in [6.07, 6.45) is 0.468. The Labute approximate surface area is 116 Å². The highest BCUT2D eigenvalue weighted by Gasteiger charge is 2.35. The lowest BCUT2D eigenvalue weighted by Gasteiger charge is -2.19.